The molecule has 0 bridgehead atoms. The van der Waals surface area contributed by atoms with E-state index in [1.54, 1.807) is 5.38 Å². The van der Waals surface area contributed by atoms with E-state index in [1.165, 1.54) is 11.3 Å². The highest BCUT2D eigenvalue weighted by Crippen LogP contribution is 2.20. The molecule has 2 aromatic heterocycles. The number of primary amides is 1. The van der Waals surface area contributed by atoms with Crippen LogP contribution < -0.4 is 11.5 Å². The second-order valence-electron chi connectivity index (χ2n) is 2.36. The largest absolute Gasteiger partial charge is 0.375 e. The Morgan fingerprint density at radius 3 is 2.79 bits per heavy atom. The molecule has 0 saturated carbocycles. The number of nitrogens with two attached hydrogens (primary N) is 2. The van der Waals surface area contributed by atoms with Crippen LogP contribution in [-0.4, -0.2) is 21.0 Å². The summed E-state index contributed by atoms with van der Waals surface area (Å²) in [6.45, 7) is 0. The lowest BCUT2D eigenvalue weighted by Gasteiger charge is -1.82. The van der Waals surface area contributed by atoms with Crippen LogP contribution in [0.15, 0.2) is 9.90 Å². The molecule has 0 aromatic carbocycles. The molecule has 2 aromatic rings. The molecule has 4 N–H and O–H groups in total. The highest BCUT2D eigenvalue weighted by Gasteiger charge is 2.14. The van der Waals surface area contributed by atoms with E-state index < -0.39 is 5.91 Å². The summed E-state index contributed by atoms with van der Waals surface area (Å²) in [5, 5.41) is 5.40. The zero-order valence-electron chi connectivity index (χ0n) is 6.80. The molecule has 8 heteroatoms. The fourth-order valence-electron chi connectivity index (χ4n) is 0.813. The average Bonchev–Trinajstić information content (AvgIpc) is 2.70. The number of hydrogen-bond donors (Lipinski definition) is 2. The van der Waals surface area contributed by atoms with Crippen LogP contribution in [0, 0.1) is 0 Å². The minimum absolute atomic E-state index is 0.131. The first kappa shape index (κ1) is 8.63. The second-order valence-corrected chi connectivity index (χ2v) is 3.25. The van der Waals surface area contributed by atoms with Gasteiger partial charge < -0.3 is 16.0 Å². The Balaban J connectivity index is 2.38. The fraction of sp³-hybridized carbons (Fsp3) is 0. The third-order valence-electron chi connectivity index (χ3n) is 1.39. The van der Waals surface area contributed by atoms with Crippen molar-refractivity contribution < 1.29 is 9.32 Å². The smallest absolute Gasteiger partial charge is 0.290 e. The van der Waals surface area contributed by atoms with Crippen molar-refractivity contribution in [1.29, 1.82) is 0 Å². The molecule has 0 fully saturated rings. The maximum atomic E-state index is 10.6. The van der Waals surface area contributed by atoms with E-state index >= 15 is 0 Å². The first-order chi connectivity index (χ1) is 6.66. The van der Waals surface area contributed by atoms with Crippen molar-refractivity contribution in [1.82, 2.24) is 15.1 Å². The minimum atomic E-state index is -0.747. The Hall–Kier alpha value is -1.96. The molecule has 0 aliphatic heterocycles. The molecule has 0 radical (unpaired) electrons. The maximum absolute atomic E-state index is 10.6. The first-order valence-corrected chi connectivity index (χ1v) is 4.39. The van der Waals surface area contributed by atoms with Crippen molar-refractivity contribution in [2.45, 2.75) is 0 Å². The quantitative estimate of drug-likeness (QED) is 0.713. The third-order valence-corrected chi connectivity index (χ3v) is 2.06. The Bertz CT molecular complexity index is 476. The summed E-state index contributed by atoms with van der Waals surface area (Å²) in [5.74, 6) is -0.790. The van der Waals surface area contributed by atoms with Crippen LogP contribution in [0.1, 0.15) is 10.6 Å². The highest BCUT2D eigenvalue weighted by atomic mass is 32.1. The molecule has 14 heavy (non-hydrogen) atoms. The van der Waals surface area contributed by atoms with Crippen molar-refractivity contribution in [3.05, 3.63) is 11.2 Å². The third kappa shape index (κ3) is 1.42. The van der Waals surface area contributed by atoms with Crippen molar-refractivity contribution in [3.63, 3.8) is 0 Å². The van der Waals surface area contributed by atoms with E-state index in [0.29, 0.717) is 10.8 Å². The van der Waals surface area contributed by atoms with Crippen molar-refractivity contribution in [2.24, 2.45) is 5.73 Å². The summed E-state index contributed by atoms with van der Waals surface area (Å²) in [5.41, 5.74) is 10.8. The molecule has 0 aliphatic rings. The van der Waals surface area contributed by atoms with Crippen LogP contribution in [0.5, 0.6) is 0 Å². The molecule has 0 aliphatic carbocycles. The van der Waals surface area contributed by atoms with Gasteiger partial charge in [0.15, 0.2) is 5.13 Å². The van der Waals surface area contributed by atoms with Gasteiger partial charge in [-0.2, -0.15) is 4.98 Å². The number of nitrogen functional groups attached to an aromatic ring is 1. The van der Waals surface area contributed by atoms with Gasteiger partial charge in [-0.15, -0.1) is 11.3 Å². The van der Waals surface area contributed by atoms with E-state index in [0.717, 1.165) is 0 Å². The first-order valence-electron chi connectivity index (χ1n) is 3.51. The van der Waals surface area contributed by atoms with Crippen LogP contribution in [0.3, 0.4) is 0 Å². The molecule has 2 heterocycles. The van der Waals surface area contributed by atoms with Crippen LogP contribution in [-0.2, 0) is 0 Å². The zero-order chi connectivity index (χ0) is 10.1. The molecule has 72 valence electrons. The number of nitrogens with zero attached hydrogens (tertiary/aromatic N) is 3. The van der Waals surface area contributed by atoms with Crippen molar-refractivity contribution in [3.8, 4) is 11.6 Å². The highest BCUT2D eigenvalue weighted by molar-refractivity contribution is 7.13. The van der Waals surface area contributed by atoms with E-state index in [9.17, 15) is 4.79 Å². The molecule has 7 nitrogen and oxygen atoms in total. The van der Waals surface area contributed by atoms with Gasteiger partial charge in [0.1, 0.15) is 5.69 Å². The van der Waals surface area contributed by atoms with Gasteiger partial charge in [-0.25, -0.2) is 4.98 Å². The number of rotatable bonds is 2. The summed E-state index contributed by atoms with van der Waals surface area (Å²) in [4.78, 5) is 18.3. The predicted octanol–water partition coefficient (Wildman–Crippen LogP) is -0.126. The predicted molar refractivity (Wildman–Crippen MR) is 48.3 cm³/mol. The zero-order valence-corrected chi connectivity index (χ0v) is 7.61. The number of carbonyl (C=O) groups is 1. The molecule has 2 rings (SSSR count). The SMILES string of the molecule is NC(=O)c1noc(-c2csc(N)n2)n1. The lowest BCUT2D eigenvalue weighted by molar-refractivity contribution is 0.0987. The van der Waals surface area contributed by atoms with E-state index in [2.05, 4.69) is 15.1 Å². The van der Waals surface area contributed by atoms with Crippen LogP contribution >= 0.6 is 11.3 Å². The fourth-order valence-corrected chi connectivity index (χ4v) is 1.35. The molecule has 0 unspecified atom stereocenters. The molecule has 0 saturated heterocycles. The number of aromatic nitrogens is 3. The summed E-state index contributed by atoms with van der Waals surface area (Å²) in [6, 6.07) is 0. The number of carbonyl (C=O) groups excluding carboxylic acids is 1. The standard InChI is InChI=1S/C6H5N5O2S/c7-3(12)4-10-5(13-11-4)2-1-14-6(8)9-2/h1H,(H2,7,12)(H2,8,9). The summed E-state index contributed by atoms with van der Waals surface area (Å²) >= 11 is 1.24. The summed E-state index contributed by atoms with van der Waals surface area (Å²) in [6.07, 6.45) is 0. The van der Waals surface area contributed by atoms with Gasteiger partial charge in [-0.3, -0.25) is 4.79 Å². The number of anilines is 1. The van der Waals surface area contributed by atoms with Gasteiger partial charge >= 0.3 is 0 Å². The van der Waals surface area contributed by atoms with E-state index in [-0.39, 0.29) is 11.7 Å². The maximum Gasteiger partial charge on any atom is 0.290 e. The molecule has 1 amide bonds. The Morgan fingerprint density at radius 2 is 2.29 bits per heavy atom. The Morgan fingerprint density at radius 1 is 1.50 bits per heavy atom. The molecular formula is C6H5N5O2S. The van der Waals surface area contributed by atoms with Crippen molar-refractivity contribution in [2.75, 3.05) is 5.73 Å². The summed E-state index contributed by atoms with van der Waals surface area (Å²) < 4.78 is 4.75. The lowest BCUT2D eigenvalue weighted by atomic mass is 10.5. The van der Waals surface area contributed by atoms with E-state index in [4.69, 9.17) is 16.0 Å². The second kappa shape index (κ2) is 3.07. The topological polar surface area (TPSA) is 121 Å². The average molecular weight is 211 g/mol. The van der Waals surface area contributed by atoms with Gasteiger partial charge in [0.2, 0.25) is 0 Å². The van der Waals surface area contributed by atoms with Gasteiger partial charge in [0, 0.05) is 5.38 Å². The normalized spacial score (nSPS) is 10.3. The van der Waals surface area contributed by atoms with Gasteiger partial charge in [0.25, 0.3) is 17.6 Å². The van der Waals surface area contributed by atoms with Gasteiger partial charge in [-0.1, -0.05) is 5.16 Å². The Kier molecular flexibility index (Phi) is 1.89. The number of thiazole rings is 1. The van der Waals surface area contributed by atoms with Gasteiger partial charge in [0.05, 0.1) is 0 Å². The number of hydrogen-bond acceptors (Lipinski definition) is 7. The monoisotopic (exact) mass is 211 g/mol. The van der Waals surface area contributed by atoms with Crippen LogP contribution in [0.25, 0.3) is 11.6 Å². The van der Waals surface area contributed by atoms with Crippen LogP contribution in [0.4, 0.5) is 5.13 Å². The molecular weight excluding hydrogens is 206 g/mol. The summed E-state index contributed by atoms with van der Waals surface area (Å²) in [7, 11) is 0. The lowest BCUT2D eigenvalue weighted by Crippen LogP contribution is -2.12. The Labute approximate surface area is 81.7 Å². The van der Waals surface area contributed by atoms with E-state index in [1.807, 2.05) is 0 Å². The van der Waals surface area contributed by atoms with Crippen molar-refractivity contribution >= 4 is 22.4 Å². The number of amides is 1. The van der Waals surface area contributed by atoms with Crippen LogP contribution in [0.2, 0.25) is 0 Å². The van der Waals surface area contributed by atoms with Gasteiger partial charge in [-0.05, 0) is 0 Å². The molecule has 0 atom stereocenters. The minimum Gasteiger partial charge on any atom is -0.375 e. The molecule has 0 spiro atoms.